The molecular formula is C13H11FN4O2S. The lowest BCUT2D eigenvalue weighted by Gasteiger charge is -2.11. The van der Waals surface area contributed by atoms with Crippen LogP contribution >= 0.6 is 0 Å². The van der Waals surface area contributed by atoms with Gasteiger partial charge in [0, 0.05) is 5.39 Å². The van der Waals surface area contributed by atoms with Crippen LogP contribution in [0.15, 0.2) is 47.5 Å². The van der Waals surface area contributed by atoms with Crippen LogP contribution in [0.3, 0.4) is 0 Å². The molecule has 6 nitrogen and oxygen atoms in total. The van der Waals surface area contributed by atoms with E-state index in [1.54, 1.807) is 18.2 Å². The number of aromatic amines is 1. The van der Waals surface area contributed by atoms with Crippen molar-refractivity contribution < 1.29 is 12.8 Å². The minimum Gasteiger partial charge on any atom is -0.398 e. The van der Waals surface area contributed by atoms with Crippen molar-refractivity contribution in [2.24, 2.45) is 0 Å². The van der Waals surface area contributed by atoms with E-state index in [0.717, 1.165) is 12.1 Å². The second-order valence-corrected chi connectivity index (χ2v) is 6.08. The van der Waals surface area contributed by atoms with E-state index in [-0.39, 0.29) is 10.6 Å². The maximum atomic E-state index is 13.3. The number of hydrogen-bond donors (Lipinski definition) is 3. The molecule has 0 atom stereocenters. The van der Waals surface area contributed by atoms with E-state index in [9.17, 15) is 12.8 Å². The number of nitrogen functional groups attached to an aromatic ring is 1. The smallest absolute Gasteiger partial charge is 0.264 e. The minimum absolute atomic E-state index is 0.0248. The monoisotopic (exact) mass is 306 g/mol. The van der Waals surface area contributed by atoms with E-state index >= 15 is 0 Å². The van der Waals surface area contributed by atoms with Crippen LogP contribution in [-0.4, -0.2) is 18.6 Å². The fraction of sp³-hybridized carbons (Fsp3) is 0. The van der Waals surface area contributed by atoms with Gasteiger partial charge in [-0.1, -0.05) is 6.07 Å². The molecule has 1 aromatic heterocycles. The second kappa shape index (κ2) is 4.74. The zero-order valence-electron chi connectivity index (χ0n) is 10.7. The first kappa shape index (κ1) is 13.4. The lowest BCUT2D eigenvalue weighted by atomic mass is 10.2. The van der Waals surface area contributed by atoms with Gasteiger partial charge in [0.15, 0.2) is 0 Å². The molecule has 3 aromatic rings. The van der Waals surface area contributed by atoms with Crippen molar-refractivity contribution in [2.45, 2.75) is 4.90 Å². The Kier molecular flexibility index (Phi) is 3.02. The Hall–Kier alpha value is -2.61. The van der Waals surface area contributed by atoms with Gasteiger partial charge in [-0.3, -0.25) is 9.82 Å². The van der Waals surface area contributed by atoms with E-state index in [2.05, 4.69) is 14.9 Å². The number of nitrogens with zero attached hydrogens (tertiary/aromatic N) is 1. The molecule has 0 aliphatic heterocycles. The molecular weight excluding hydrogens is 295 g/mol. The molecule has 0 radical (unpaired) electrons. The van der Waals surface area contributed by atoms with Crippen LogP contribution < -0.4 is 10.5 Å². The topological polar surface area (TPSA) is 101 Å². The van der Waals surface area contributed by atoms with Gasteiger partial charge >= 0.3 is 0 Å². The maximum absolute atomic E-state index is 13.3. The maximum Gasteiger partial charge on any atom is 0.264 e. The van der Waals surface area contributed by atoms with Crippen molar-refractivity contribution in [3.05, 3.63) is 48.4 Å². The number of benzene rings is 2. The number of nitrogens with one attached hydrogen (secondary N) is 2. The predicted octanol–water partition coefficient (Wildman–Crippen LogP) is 2.08. The van der Waals surface area contributed by atoms with E-state index in [1.807, 2.05) is 0 Å². The molecule has 4 N–H and O–H groups in total. The highest BCUT2D eigenvalue weighted by molar-refractivity contribution is 7.93. The van der Waals surface area contributed by atoms with Crippen LogP contribution in [0.5, 0.6) is 0 Å². The Morgan fingerprint density at radius 2 is 2.05 bits per heavy atom. The molecule has 0 bridgehead atoms. The largest absolute Gasteiger partial charge is 0.398 e. The number of aromatic nitrogens is 2. The van der Waals surface area contributed by atoms with Crippen molar-refractivity contribution in [2.75, 3.05) is 10.5 Å². The number of sulfonamides is 1. The van der Waals surface area contributed by atoms with Gasteiger partial charge in [0.1, 0.15) is 10.7 Å². The molecule has 0 unspecified atom stereocenters. The summed E-state index contributed by atoms with van der Waals surface area (Å²) in [5.41, 5.74) is 6.61. The fourth-order valence-corrected chi connectivity index (χ4v) is 3.22. The predicted molar refractivity (Wildman–Crippen MR) is 77.7 cm³/mol. The Bertz CT molecular complexity index is 921. The molecule has 0 saturated heterocycles. The van der Waals surface area contributed by atoms with Crippen LogP contribution in [0.1, 0.15) is 0 Å². The number of fused-ring (bicyclic) bond motifs is 1. The Morgan fingerprint density at radius 3 is 2.86 bits per heavy atom. The Balaban J connectivity index is 2.08. The Morgan fingerprint density at radius 1 is 1.24 bits per heavy atom. The number of H-pyrrole nitrogens is 1. The van der Waals surface area contributed by atoms with Gasteiger partial charge in [-0.2, -0.15) is 5.10 Å². The van der Waals surface area contributed by atoms with Gasteiger partial charge in [0.2, 0.25) is 0 Å². The van der Waals surface area contributed by atoms with Gasteiger partial charge in [0.25, 0.3) is 10.0 Å². The summed E-state index contributed by atoms with van der Waals surface area (Å²) in [5, 5.41) is 7.20. The molecule has 0 amide bonds. The number of rotatable bonds is 3. The van der Waals surface area contributed by atoms with Gasteiger partial charge < -0.3 is 5.73 Å². The molecule has 3 rings (SSSR count). The van der Waals surface area contributed by atoms with Crippen LogP contribution in [0.2, 0.25) is 0 Å². The number of anilines is 2. The normalized spacial score (nSPS) is 11.7. The van der Waals surface area contributed by atoms with E-state index in [4.69, 9.17) is 5.73 Å². The molecule has 8 heteroatoms. The van der Waals surface area contributed by atoms with Crippen LogP contribution in [0.25, 0.3) is 10.9 Å². The molecule has 0 saturated carbocycles. The number of nitrogens with two attached hydrogens (primary N) is 1. The van der Waals surface area contributed by atoms with E-state index in [0.29, 0.717) is 16.6 Å². The second-order valence-electron chi connectivity index (χ2n) is 4.42. The SMILES string of the molecule is Nc1ccc(F)cc1S(=O)(=O)Nc1cccc2[nH]ncc12. The summed E-state index contributed by atoms with van der Waals surface area (Å²) in [6.45, 7) is 0. The first-order chi connectivity index (χ1) is 9.97. The number of halogens is 1. The van der Waals surface area contributed by atoms with Crippen LogP contribution in [-0.2, 0) is 10.0 Å². The highest BCUT2D eigenvalue weighted by Crippen LogP contribution is 2.26. The third-order valence-electron chi connectivity index (χ3n) is 2.99. The van der Waals surface area contributed by atoms with Crippen LogP contribution in [0.4, 0.5) is 15.8 Å². The lowest BCUT2D eigenvalue weighted by molar-refractivity contribution is 0.596. The van der Waals surface area contributed by atoms with Gasteiger partial charge in [-0.25, -0.2) is 12.8 Å². The van der Waals surface area contributed by atoms with Crippen LogP contribution in [0, 0.1) is 5.82 Å². The molecule has 2 aromatic carbocycles. The summed E-state index contributed by atoms with van der Waals surface area (Å²) in [5.74, 6) is -0.675. The zero-order chi connectivity index (χ0) is 15.0. The summed E-state index contributed by atoms with van der Waals surface area (Å²) in [6.07, 6.45) is 1.50. The minimum atomic E-state index is -3.99. The highest BCUT2D eigenvalue weighted by atomic mass is 32.2. The fourth-order valence-electron chi connectivity index (χ4n) is 2.00. The Labute approximate surface area is 119 Å². The molecule has 0 aliphatic carbocycles. The van der Waals surface area contributed by atoms with Crippen molar-refractivity contribution in [1.29, 1.82) is 0 Å². The highest BCUT2D eigenvalue weighted by Gasteiger charge is 2.19. The molecule has 0 spiro atoms. The lowest BCUT2D eigenvalue weighted by Crippen LogP contribution is -2.15. The summed E-state index contributed by atoms with van der Waals surface area (Å²) in [6, 6.07) is 8.22. The van der Waals surface area contributed by atoms with Gasteiger partial charge in [0.05, 0.1) is 23.1 Å². The van der Waals surface area contributed by atoms with Crippen molar-refractivity contribution in [1.82, 2.24) is 10.2 Å². The summed E-state index contributed by atoms with van der Waals surface area (Å²) in [4.78, 5) is -0.303. The molecule has 108 valence electrons. The molecule has 1 heterocycles. The summed E-state index contributed by atoms with van der Waals surface area (Å²) in [7, 11) is -3.99. The zero-order valence-corrected chi connectivity index (χ0v) is 11.5. The van der Waals surface area contributed by atoms with Gasteiger partial charge in [-0.05, 0) is 30.3 Å². The quantitative estimate of drug-likeness (QED) is 0.645. The first-order valence-corrected chi connectivity index (χ1v) is 7.45. The standard InChI is InChI=1S/C13H11FN4O2S/c14-8-4-5-10(15)13(6-8)21(19,20)18-12-3-1-2-11-9(12)7-16-17-11/h1-7,18H,15H2,(H,16,17). The molecule has 0 aliphatic rings. The third kappa shape index (κ3) is 2.40. The molecule has 21 heavy (non-hydrogen) atoms. The average molecular weight is 306 g/mol. The number of hydrogen-bond acceptors (Lipinski definition) is 4. The third-order valence-corrected chi connectivity index (χ3v) is 4.42. The van der Waals surface area contributed by atoms with Gasteiger partial charge in [-0.15, -0.1) is 0 Å². The summed E-state index contributed by atoms with van der Waals surface area (Å²) >= 11 is 0. The summed E-state index contributed by atoms with van der Waals surface area (Å²) < 4.78 is 40.4. The van der Waals surface area contributed by atoms with Crippen molar-refractivity contribution in [3.63, 3.8) is 0 Å². The van der Waals surface area contributed by atoms with E-state index < -0.39 is 15.8 Å². The van der Waals surface area contributed by atoms with E-state index in [1.165, 1.54) is 12.3 Å². The van der Waals surface area contributed by atoms with Crippen molar-refractivity contribution >= 4 is 32.3 Å². The molecule has 0 fully saturated rings. The average Bonchev–Trinajstić information content (AvgIpc) is 2.90. The van der Waals surface area contributed by atoms with Crippen molar-refractivity contribution in [3.8, 4) is 0 Å². The first-order valence-electron chi connectivity index (χ1n) is 5.97.